The van der Waals surface area contributed by atoms with Gasteiger partial charge in [-0.15, -0.1) is 0 Å². The first-order chi connectivity index (χ1) is 8.78. The predicted octanol–water partition coefficient (Wildman–Crippen LogP) is 1.27. The van der Waals surface area contributed by atoms with Gasteiger partial charge in [-0.1, -0.05) is 12.1 Å². The van der Waals surface area contributed by atoms with Crippen LogP contribution >= 0.6 is 0 Å². The molecule has 0 spiro atoms. The van der Waals surface area contributed by atoms with Crippen molar-refractivity contribution in [2.45, 2.75) is 6.54 Å². The van der Waals surface area contributed by atoms with E-state index in [4.69, 9.17) is 0 Å². The molecule has 1 heterocycles. The van der Waals surface area contributed by atoms with Crippen molar-refractivity contribution >= 4 is 11.8 Å². The maximum absolute atomic E-state index is 11.0. The Hall–Kier alpha value is -1.59. The molecule has 1 aliphatic rings. The van der Waals surface area contributed by atoms with Gasteiger partial charge in [0.1, 0.15) is 0 Å². The predicted molar refractivity (Wildman–Crippen MR) is 70.6 cm³/mol. The van der Waals surface area contributed by atoms with Crippen molar-refractivity contribution in [2.24, 2.45) is 0 Å². The Morgan fingerprint density at radius 3 is 2.61 bits per heavy atom. The van der Waals surface area contributed by atoms with Gasteiger partial charge in [-0.2, -0.15) is 0 Å². The maximum Gasteiger partial charge on any atom is 0.411 e. The first-order valence-corrected chi connectivity index (χ1v) is 6.15. The number of benzene rings is 1. The molecule has 2 N–H and O–H groups in total. The van der Waals surface area contributed by atoms with Gasteiger partial charge >= 0.3 is 6.09 Å². The molecule has 5 nitrogen and oxygen atoms in total. The molecule has 0 aliphatic carbocycles. The number of nitrogens with zero attached hydrogens (tertiary/aromatic N) is 1. The Labute approximate surface area is 107 Å². The third-order valence-corrected chi connectivity index (χ3v) is 3.00. The van der Waals surface area contributed by atoms with Gasteiger partial charge in [0.15, 0.2) is 0 Å². The second-order valence-corrected chi connectivity index (χ2v) is 4.34. The van der Waals surface area contributed by atoms with E-state index in [9.17, 15) is 4.79 Å². The van der Waals surface area contributed by atoms with Crippen LogP contribution in [-0.4, -0.2) is 44.3 Å². The smallest absolute Gasteiger partial charge is 0.411 e. The minimum atomic E-state index is -0.440. The van der Waals surface area contributed by atoms with Crippen LogP contribution in [-0.2, 0) is 11.3 Å². The molecule has 2 rings (SSSR count). The van der Waals surface area contributed by atoms with Crippen molar-refractivity contribution < 1.29 is 9.53 Å². The number of methoxy groups -OCH3 is 1. The van der Waals surface area contributed by atoms with E-state index in [0.717, 1.165) is 38.4 Å². The lowest BCUT2D eigenvalue weighted by molar-refractivity contribution is 0.187. The molecule has 0 atom stereocenters. The summed E-state index contributed by atoms with van der Waals surface area (Å²) in [4.78, 5) is 13.5. The van der Waals surface area contributed by atoms with Crippen LogP contribution in [0.15, 0.2) is 24.3 Å². The SMILES string of the molecule is COC(=O)Nc1ccc(CN2CCNCC2)cc1. The minimum Gasteiger partial charge on any atom is -0.453 e. The fourth-order valence-corrected chi connectivity index (χ4v) is 1.99. The van der Waals surface area contributed by atoms with Gasteiger partial charge in [-0.25, -0.2) is 4.79 Å². The molecular formula is C13H19N3O2. The van der Waals surface area contributed by atoms with Crippen LogP contribution in [0.4, 0.5) is 10.5 Å². The molecule has 1 amide bonds. The van der Waals surface area contributed by atoms with Crippen molar-refractivity contribution in [2.75, 3.05) is 38.6 Å². The van der Waals surface area contributed by atoms with Crippen LogP contribution in [0.5, 0.6) is 0 Å². The summed E-state index contributed by atoms with van der Waals surface area (Å²) >= 11 is 0. The van der Waals surface area contributed by atoms with Crippen molar-refractivity contribution in [3.63, 3.8) is 0 Å². The molecule has 0 bridgehead atoms. The van der Waals surface area contributed by atoms with E-state index >= 15 is 0 Å². The number of nitrogens with one attached hydrogen (secondary N) is 2. The molecule has 1 aromatic rings. The van der Waals surface area contributed by atoms with E-state index in [-0.39, 0.29) is 0 Å². The number of carbonyl (C=O) groups excluding carboxylic acids is 1. The number of piperazine rings is 1. The first-order valence-electron chi connectivity index (χ1n) is 6.15. The molecule has 0 radical (unpaired) electrons. The van der Waals surface area contributed by atoms with Gasteiger partial charge in [0, 0.05) is 38.4 Å². The van der Waals surface area contributed by atoms with Crippen molar-refractivity contribution in [3.8, 4) is 0 Å². The first kappa shape index (κ1) is 12.9. The molecule has 98 valence electrons. The van der Waals surface area contributed by atoms with Gasteiger partial charge in [-0.05, 0) is 17.7 Å². The van der Waals surface area contributed by atoms with E-state index in [1.165, 1.54) is 12.7 Å². The number of hydrogen-bond donors (Lipinski definition) is 2. The summed E-state index contributed by atoms with van der Waals surface area (Å²) in [5, 5.41) is 5.97. The monoisotopic (exact) mass is 249 g/mol. The lowest BCUT2D eigenvalue weighted by atomic mass is 10.2. The Balaban J connectivity index is 1.88. The number of anilines is 1. The summed E-state index contributed by atoms with van der Waals surface area (Å²) in [5.41, 5.74) is 2.01. The minimum absolute atomic E-state index is 0.440. The number of hydrogen-bond acceptors (Lipinski definition) is 4. The van der Waals surface area contributed by atoms with Crippen LogP contribution in [0.25, 0.3) is 0 Å². The second kappa shape index (κ2) is 6.37. The zero-order valence-electron chi connectivity index (χ0n) is 10.6. The van der Waals surface area contributed by atoms with Crippen LogP contribution in [0.1, 0.15) is 5.56 Å². The largest absolute Gasteiger partial charge is 0.453 e. The van der Waals surface area contributed by atoms with E-state index < -0.39 is 6.09 Å². The highest BCUT2D eigenvalue weighted by molar-refractivity contribution is 5.84. The number of amides is 1. The van der Waals surface area contributed by atoms with Gasteiger partial charge < -0.3 is 10.1 Å². The Morgan fingerprint density at radius 2 is 2.00 bits per heavy atom. The Morgan fingerprint density at radius 1 is 1.33 bits per heavy atom. The summed E-state index contributed by atoms with van der Waals surface area (Å²) < 4.78 is 4.54. The standard InChI is InChI=1S/C13H19N3O2/c1-18-13(17)15-12-4-2-11(3-5-12)10-16-8-6-14-7-9-16/h2-5,14H,6-10H2,1H3,(H,15,17). The lowest BCUT2D eigenvalue weighted by Crippen LogP contribution is -2.42. The molecule has 1 aromatic carbocycles. The highest BCUT2D eigenvalue weighted by Gasteiger charge is 2.09. The van der Waals surface area contributed by atoms with Gasteiger partial charge in [-0.3, -0.25) is 10.2 Å². The fraction of sp³-hybridized carbons (Fsp3) is 0.462. The van der Waals surface area contributed by atoms with Crippen LogP contribution in [0, 0.1) is 0 Å². The van der Waals surface area contributed by atoms with Gasteiger partial charge in [0.05, 0.1) is 7.11 Å². The number of ether oxygens (including phenoxy) is 1. The highest BCUT2D eigenvalue weighted by atomic mass is 16.5. The van der Waals surface area contributed by atoms with Crippen molar-refractivity contribution in [1.29, 1.82) is 0 Å². The summed E-state index contributed by atoms with van der Waals surface area (Å²) in [6, 6.07) is 7.86. The lowest BCUT2D eigenvalue weighted by Gasteiger charge is -2.27. The van der Waals surface area contributed by atoms with E-state index in [1.807, 2.05) is 24.3 Å². The molecule has 1 aliphatic heterocycles. The second-order valence-electron chi connectivity index (χ2n) is 4.34. The van der Waals surface area contributed by atoms with Gasteiger partial charge in [0.25, 0.3) is 0 Å². The van der Waals surface area contributed by atoms with E-state index in [0.29, 0.717) is 0 Å². The summed E-state index contributed by atoms with van der Waals surface area (Å²) in [7, 11) is 1.36. The van der Waals surface area contributed by atoms with Crippen molar-refractivity contribution in [1.82, 2.24) is 10.2 Å². The molecule has 0 saturated carbocycles. The quantitative estimate of drug-likeness (QED) is 0.847. The zero-order valence-corrected chi connectivity index (χ0v) is 10.6. The summed E-state index contributed by atoms with van der Waals surface area (Å²) in [6.07, 6.45) is -0.440. The average molecular weight is 249 g/mol. The molecule has 0 unspecified atom stereocenters. The highest BCUT2D eigenvalue weighted by Crippen LogP contribution is 2.12. The summed E-state index contributed by atoms with van der Waals surface area (Å²) in [5.74, 6) is 0. The summed E-state index contributed by atoms with van der Waals surface area (Å²) in [6.45, 7) is 5.24. The van der Waals surface area contributed by atoms with Gasteiger partial charge in [0.2, 0.25) is 0 Å². The third kappa shape index (κ3) is 3.72. The molecule has 18 heavy (non-hydrogen) atoms. The van der Waals surface area contributed by atoms with E-state index in [1.54, 1.807) is 0 Å². The fourth-order valence-electron chi connectivity index (χ4n) is 1.99. The molecule has 1 fully saturated rings. The third-order valence-electron chi connectivity index (χ3n) is 3.00. The Bertz CT molecular complexity index is 386. The number of rotatable bonds is 3. The average Bonchev–Trinajstić information content (AvgIpc) is 2.42. The number of carbonyl (C=O) groups is 1. The molecule has 0 aromatic heterocycles. The normalized spacial score (nSPS) is 16.3. The maximum atomic E-state index is 11.0. The molecule has 5 heteroatoms. The van der Waals surface area contributed by atoms with Crippen LogP contribution in [0.2, 0.25) is 0 Å². The topological polar surface area (TPSA) is 53.6 Å². The molecule has 1 saturated heterocycles. The zero-order chi connectivity index (χ0) is 12.8. The van der Waals surface area contributed by atoms with Crippen molar-refractivity contribution in [3.05, 3.63) is 29.8 Å². The van der Waals surface area contributed by atoms with Crippen LogP contribution < -0.4 is 10.6 Å². The molecular weight excluding hydrogens is 230 g/mol. The van der Waals surface area contributed by atoms with E-state index in [2.05, 4.69) is 20.3 Å². The Kier molecular flexibility index (Phi) is 4.55. The van der Waals surface area contributed by atoms with Crippen LogP contribution in [0.3, 0.4) is 0 Å².